The fraction of sp³-hybridized carbons (Fsp3) is 0.722. The molecule has 0 aromatic heterocycles. The highest BCUT2D eigenvalue weighted by atomic mass is 28.3. The minimum Gasteiger partial charge on any atom is -0.490 e. The number of benzene rings is 1. The standard InChI is InChI=1S/C36H62O6Si2/c1-27(2)43(28(3)4,29(5)6)23-13-33-25-36(42-22-20-40-18-16-38)34(26-35(33)41-21-19-39-17-15-37)14-24-44(30(7)8,31(9)10)32(11)12/h25-32,37-38H,15-22H2,1-12H3. The normalized spacial score (nSPS) is 12.3. The average molecular weight is 647 g/mol. The van der Waals surface area contributed by atoms with Crippen molar-refractivity contribution >= 4 is 16.1 Å². The van der Waals surface area contributed by atoms with E-state index in [-0.39, 0.29) is 26.4 Å². The third kappa shape index (κ3) is 10.6. The lowest BCUT2D eigenvalue weighted by atomic mass is 10.1. The Morgan fingerprint density at radius 3 is 1.05 bits per heavy atom. The molecule has 0 fully saturated rings. The quantitative estimate of drug-likeness (QED) is 0.0972. The van der Waals surface area contributed by atoms with E-state index in [1.165, 1.54) is 0 Å². The number of hydrogen-bond donors (Lipinski definition) is 2. The Kier molecular flexibility index (Phi) is 18.0. The Morgan fingerprint density at radius 2 is 0.795 bits per heavy atom. The topological polar surface area (TPSA) is 77.4 Å². The van der Waals surface area contributed by atoms with Crippen LogP contribution in [-0.2, 0) is 9.47 Å². The minimum atomic E-state index is -2.01. The monoisotopic (exact) mass is 646 g/mol. The largest absolute Gasteiger partial charge is 0.490 e. The number of aliphatic hydroxyl groups excluding tert-OH is 2. The van der Waals surface area contributed by atoms with Crippen molar-refractivity contribution in [2.24, 2.45) is 0 Å². The summed E-state index contributed by atoms with van der Waals surface area (Å²) in [4.78, 5) is 0. The molecule has 44 heavy (non-hydrogen) atoms. The first-order valence-electron chi connectivity index (χ1n) is 16.6. The van der Waals surface area contributed by atoms with E-state index < -0.39 is 16.1 Å². The van der Waals surface area contributed by atoms with Crippen LogP contribution in [0.3, 0.4) is 0 Å². The third-order valence-corrected chi connectivity index (χ3v) is 21.7. The van der Waals surface area contributed by atoms with Gasteiger partial charge in [-0.2, -0.15) is 0 Å². The predicted octanol–water partition coefficient (Wildman–Crippen LogP) is 7.60. The van der Waals surface area contributed by atoms with E-state index in [4.69, 9.17) is 29.2 Å². The summed E-state index contributed by atoms with van der Waals surface area (Å²) >= 11 is 0. The molecule has 250 valence electrons. The summed E-state index contributed by atoms with van der Waals surface area (Å²) in [6.45, 7) is 29.6. The van der Waals surface area contributed by atoms with Gasteiger partial charge in [-0.15, -0.1) is 11.1 Å². The van der Waals surface area contributed by atoms with Gasteiger partial charge in [-0.25, -0.2) is 0 Å². The van der Waals surface area contributed by atoms with Crippen molar-refractivity contribution in [2.75, 3.05) is 52.9 Å². The number of hydrogen-bond acceptors (Lipinski definition) is 6. The van der Waals surface area contributed by atoms with Crippen LogP contribution >= 0.6 is 0 Å². The smallest absolute Gasteiger partial charge is 0.146 e. The van der Waals surface area contributed by atoms with Crippen molar-refractivity contribution in [3.05, 3.63) is 23.3 Å². The van der Waals surface area contributed by atoms with Gasteiger partial charge in [0.1, 0.15) is 40.9 Å². The maximum absolute atomic E-state index is 9.11. The zero-order valence-electron chi connectivity index (χ0n) is 29.8. The zero-order chi connectivity index (χ0) is 33.5. The summed E-state index contributed by atoms with van der Waals surface area (Å²) < 4.78 is 23.6. The van der Waals surface area contributed by atoms with Crippen LogP contribution in [0.2, 0.25) is 33.2 Å². The van der Waals surface area contributed by atoms with Gasteiger partial charge < -0.3 is 29.2 Å². The molecule has 0 radical (unpaired) electrons. The molecule has 0 spiro atoms. The summed E-state index contributed by atoms with van der Waals surface area (Å²) in [7, 11) is -4.01. The molecule has 8 heteroatoms. The number of rotatable bonds is 18. The lowest BCUT2D eigenvalue weighted by molar-refractivity contribution is 0.0696. The fourth-order valence-corrected chi connectivity index (χ4v) is 17.4. The molecule has 0 aliphatic rings. The van der Waals surface area contributed by atoms with Crippen molar-refractivity contribution in [1.29, 1.82) is 0 Å². The second-order valence-corrected chi connectivity index (χ2v) is 24.7. The maximum atomic E-state index is 9.11. The molecule has 0 amide bonds. The Hall–Kier alpha value is -1.79. The highest BCUT2D eigenvalue weighted by Crippen LogP contribution is 2.42. The SMILES string of the molecule is CC(C)[Si](C#Cc1cc(OCCOCCO)c(C#C[Si](C(C)C)(C(C)C)C(C)C)cc1OCCOCCO)(C(C)C)C(C)C. The van der Waals surface area contributed by atoms with E-state index in [0.717, 1.165) is 11.1 Å². The molecule has 0 aliphatic carbocycles. The third-order valence-electron chi connectivity index (χ3n) is 9.08. The fourth-order valence-electron chi connectivity index (χ4n) is 6.97. The first kappa shape index (κ1) is 40.2. The zero-order valence-corrected chi connectivity index (χ0v) is 31.8. The highest BCUT2D eigenvalue weighted by Gasteiger charge is 2.42. The van der Waals surface area contributed by atoms with Gasteiger partial charge in [-0.05, 0) is 33.2 Å². The van der Waals surface area contributed by atoms with Gasteiger partial charge in [0.05, 0.1) is 50.8 Å². The Balaban J connectivity index is 3.90. The molecule has 0 saturated heterocycles. The van der Waals surface area contributed by atoms with Gasteiger partial charge in [0.2, 0.25) is 0 Å². The van der Waals surface area contributed by atoms with Gasteiger partial charge in [0.25, 0.3) is 0 Å². The van der Waals surface area contributed by atoms with Crippen LogP contribution in [0.5, 0.6) is 11.5 Å². The lowest BCUT2D eigenvalue weighted by Gasteiger charge is -2.38. The van der Waals surface area contributed by atoms with Crippen LogP contribution in [0.25, 0.3) is 0 Å². The molecule has 0 heterocycles. The average Bonchev–Trinajstić information content (AvgIpc) is 2.93. The summed E-state index contributed by atoms with van der Waals surface area (Å²) in [6, 6.07) is 3.97. The molecule has 1 aromatic rings. The molecule has 0 atom stereocenters. The number of aliphatic hydroxyl groups is 2. The first-order chi connectivity index (χ1) is 20.7. The number of ether oxygens (including phenoxy) is 4. The van der Waals surface area contributed by atoms with Crippen molar-refractivity contribution in [3.63, 3.8) is 0 Å². The van der Waals surface area contributed by atoms with E-state index in [0.29, 0.717) is 71.2 Å². The molecular weight excluding hydrogens is 585 g/mol. The maximum Gasteiger partial charge on any atom is 0.146 e. The van der Waals surface area contributed by atoms with Gasteiger partial charge in [-0.1, -0.05) is 94.9 Å². The van der Waals surface area contributed by atoms with Crippen LogP contribution < -0.4 is 9.47 Å². The molecule has 1 aromatic carbocycles. The van der Waals surface area contributed by atoms with Crippen molar-refractivity contribution in [3.8, 4) is 34.4 Å². The van der Waals surface area contributed by atoms with Crippen molar-refractivity contribution in [1.82, 2.24) is 0 Å². The predicted molar refractivity (Wildman–Crippen MR) is 189 cm³/mol. The van der Waals surface area contributed by atoms with E-state index in [1.54, 1.807) is 0 Å². The molecule has 0 saturated carbocycles. The van der Waals surface area contributed by atoms with E-state index >= 15 is 0 Å². The van der Waals surface area contributed by atoms with Crippen LogP contribution in [0.15, 0.2) is 12.1 Å². The first-order valence-corrected chi connectivity index (χ1v) is 21.1. The van der Waals surface area contributed by atoms with Crippen LogP contribution in [-0.4, -0.2) is 79.2 Å². The summed E-state index contributed by atoms with van der Waals surface area (Å²) in [5.74, 6) is 8.50. The molecule has 0 aliphatic heterocycles. The minimum absolute atomic E-state index is 0.0238. The van der Waals surface area contributed by atoms with Crippen LogP contribution in [0.1, 0.15) is 94.2 Å². The summed E-state index contributed by atoms with van der Waals surface area (Å²) in [6.07, 6.45) is 0. The van der Waals surface area contributed by atoms with E-state index in [2.05, 4.69) is 106 Å². The highest BCUT2D eigenvalue weighted by molar-refractivity contribution is 6.91. The van der Waals surface area contributed by atoms with E-state index in [9.17, 15) is 0 Å². The molecule has 0 bridgehead atoms. The molecular formula is C36H62O6Si2. The lowest BCUT2D eigenvalue weighted by Crippen LogP contribution is -2.43. The summed E-state index contributed by atoms with van der Waals surface area (Å²) in [5, 5.41) is 18.2. The van der Waals surface area contributed by atoms with Crippen LogP contribution in [0.4, 0.5) is 0 Å². The molecule has 1 rings (SSSR count). The van der Waals surface area contributed by atoms with Crippen molar-refractivity contribution in [2.45, 2.75) is 116 Å². The van der Waals surface area contributed by atoms with Gasteiger partial charge >= 0.3 is 0 Å². The molecule has 0 unspecified atom stereocenters. The summed E-state index contributed by atoms with van der Waals surface area (Å²) in [5.41, 5.74) is 12.2. The Morgan fingerprint density at radius 1 is 0.500 bits per heavy atom. The molecule has 6 nitrogen and oxygen atoms in total. The van der Waals surface area contributed by atoms with Gasteiger partial charge in [0.15, 0.2) is 0 Å². The van der Waals surface area contributed by atoms with Crippen LogP contribution in [0, 0.1) is 22.9 Å². The molecule has 2 N–H and O–H groups in total. The van der Waals surface area contributed by atoms with Crippen molar-refractivity contribution < 1.29 is 29.2 Å². The Labute approximate surface area is 271 Å². The van der Waals surface area contributed by atoms with Gasteiger partial charge in [-0.3, -0.25) is 0 Å². The Bertz CT molecular complexity index is 974. The second kappa shape index (κ2) is 19.7. The second-order valence-electron chi connectivity index (χ2n) is 13.5. The van der Waals surface area contributed by atoms with E-state index in [1.807, 2.05) is 12.1 Å². The van der Waals surface area contributed by atoms with Gasteiger partial charge in [0, 0.05) is 12.1 Å².